The minimum atomic E-state index is -0.730. The van der Waals surface area contributed by atoms with Crippen molar-refractivity contribution >= 4 is 17.4 Å². The van der Waals surface area contributed by atoms with E-state index in [0.717, 1.165) is 17.8 Å². The Bertz CT molecular complexity index is 1070. The summed E-state index contributed by atoms with van der Waals surface area (Å²) in [6, 6.07) is 8.17. The van der Waals surface area contributed by atoms with Crippen molar-refractivity contribution in [3.05, 3.63) is 65.4 Å². The number of rotatable bonds is 6. The number of carbonyl (C=O) groups is 1. The molecule has 0 bridgehead atoms. The van der Waals surface area contributed by atoms with Gasteiger partial charge in [0.25, 0.3) is 5.91 Å². The van der Waals surface area contributed by atoms with Crippen molar-refractivity contribution in [1.29, 1.82) is 0 Å². The molecule has 1 unspecified atom stereocenters. The molecule has 8 nitrogen and oxygen atoms in total. The van der Waals surface area contributed by atoms with Crippen molar-refractivity contribution in [3.63, 3.8) is 0 Å². The van der Waals surface area contributed by atoms with Crippen LogP contribution < -0.4 is 5.32 Å². The third-order valence-electron chi connectivity index (χ3n) is 4.72. The van der Waals surface area contributed by atoms with Crippen LogP contribution in [-0.4, -0.2) is 37.3 Å². The summed E-state index contributed by atoms with van der Waals surface area (Å²) in [4.78, 5) is 17.8. The van der Waals surface area contributed by atoms with Crippen LogP contribution in [0.4, 0.5) is 10.2 Å². The topological polar surface area (TPSA) is 86.3 Å². The number of oxime groups is 1. The number of aryl methyl sites for hydroxylation is 2. The van der Waals surface area contributed by atoms with Crippen LogP contribution in [0.2, 0.25) is 0 Å². The van der Waals surface area contributed by atoms with Crippen molar-refractivity contribution in [1.82, 2.24) is 19.6 Å². The lowest BCUT2D eigenvalue weighted by molar-refractivity contribution is -0.125. The van der Waals surface area contributed by atoms with E-state index in [1.807, 2.05) is 24.7 Å². The number of hydrogen-bond donors (Lipinski definition) is 1. The molecule has 3 aromatic rings. The summed E-state index contributed by atoms with van der Waals surface area (Å²) in [6.45, 7) is 4.94. The smallest absolute Gasteiger partial charge is 0.269 e. The molecular formula is C20H21FN6O2. The Morgan fingerprint density at radius 1 is 1.28 bits per heavy atom. The molecular weight excluding hydrogens is 375 g/mol. The minimum absolute atomic E-state index is 0.274. The Kier molecular flexibility index (Phi) is 5.11. The summed E-state index contributed by atoms with van der Waals surface area (Å²) in [5.74, 6) is -0.252. The number of nitrogens with one attached hydrogen (secondary N) is 1. The molecule has 0 fully saturated rings. The first kappa shape index (κ1) is 18.9. The third-order valence-corrected chi connectivity index (χ3v) is 4.72. The zero-order valence-electron chi connectivity index (χ0n) is 16.2. The predicted octanol–water partition coefficient (Wildman–Crippen LogP) is 2.73. The lowest BCUT2D eigenvalue weighted by Crippen LogP contribution is -2.28. The van der Waals surface area contributed by atoms with Crippen molar-refractivity contribution in [2.24, 2.45) is 5.16 Å². The number of aromatic nitrogens is 4. The van der Waals surface area contributed by atoms with E-state index in [-0.39, 0.29) is 18.3 Å². The van der Waals surface area contributed by atoms with Gasteiger partial charge in [-0.1, -0.05) is 23.4 Å². The molecule has 29 heavy (non-hydrogen) atoms. The first-order valence-corrected chi connectivity index (χ1v) is 9.38. The van der Waals surface area contributed by atoms with E-state index < -0.39 is 6.10 Å². The molecule has 0 aliphatic carbocycles. The maximum Gasteiger partial charge on any atom is 0.269 e. The fraction of sp³-hybridized carbons (Fsp3) is 0.300. The van der Waals surface area contributed by atoms with Crippen LogP contribution in [0.5, 0.6) is 0 Å². The largest absolute Gasteiger partial charge is 0.382 e. The molecule has 1 amide bonds. The van der Waals surface area contributed by atoms with Crippen molar-refractivity contribution in [2.75, 3.05) is 5.32 Å². The van der Waals surface area contributed by atoms with Crippen LogP contribution in [0, 0.1) is 12.7 Å². The fourth-order valence-corrected chi connectivity index (χ4v) is 3.16. The Labute approximate surface area is 167 Å². The Morgan fingerprint density at radius 2 is 2.10 bits per heavy atom. The van der Waals surface area contributed by atoms with Gasteiger partial charge in [-0.2, -0.15) is 10.2 Å². The Morgan fingerprint density at radius 3 is 2.86 bits per heavy atom. The summed E-state index contributed by atoms with van der Waals surface area (Å²) in [5, 5.41) is 15.5. The predicted molar refractivity (Wildman–Crippen MR) is 105 cm³/mol. The summed E-state index contributed by atoms with van der Waals surface area (Å²) in [6.07, 6.45) is 3.22. The molecule has 150 valence electrons. The number of hydrogen-bond acceptors (Lipinski definition) is 5. The summed E-state index contributed by atoms with van der Waals surface area (Å²) in [7, 11) is 0. The van der Waals surface area contributed by atoms with Gasteiger partial charge in [-0.05, 0) is 19.9 Å². The molecule has 9 heteroatoms. The molecule has 1 atom stereocenters. The maximum atomic E-state index is 13.8. The van der Waals surface area contributed by atoms with Gasteiger partial charge in [0.2, 0.25) is 6.10 Å². The molecule has 1 aliphatic heterocycles. The van der Waals surface area contributed by atoms with Gasteiger partial charge in [-0.25, -0.2) is 4.39 Å². The second kappa shape index (κ2) is 7.86. The maximum absolute atomic E-state index is 13.8. The van der Waals surface area contributed by atoms with E-state index in [9.17, 15) is 9.18 Å². The quantitative estimate of drug-likeness (QED) is 0.694. The number of amides is 1. The first-order valence-electron chi connectivity index (χ1n) is 9.38. The van der Waals surface area contributed by atoms with E-state index in [1.54, 1.807) is 35.1 Å². The summed E-state index contributed by atoms with van der Waals surface area (Å²) in [5.41, 5.74) is 2.96. The van der Waals surface area contributed by atoms with E-state index in [2.05, 4.69) is 20.7 Å². The van der Waals surface area contributed by atoms with E-state index >= 15 is 0 Å². The molecule has 2 aromatic heterocycles. The van der Waals surface area contributed by atoms with Gasteiger partial charge in [0.1, 0.15) is 5.82 Å². The summed E-state index contributed by atoms with van der Waals surface area (Å²) < 4.78 is 17.2. The lowest BCUT2D eigenvalue weighted by atomic mass is 10.1. The van der Waals surface area contributed by atoms with E-state index in [1.165, 1.54) is 6.07 Å². The zero-order valence-corrected chi connectivity index (χ0v) is 16.2. The highest BCUT2D eigenvalue weighted by atomic mass is 19.1. The van der Waals surface area contributed by atoms with Gasteiger partial charge in [-0.15, -0.1) is 0 Å². The standard InChI is InChI=1S/C20H21FN6O2/c1-3-26-12-15(13(2)23-26)17-10-18(29-25-17)20(28)22-19-8-9-27(24-19)11-14-6-4-5-7-16(14)21/h4-9,12,18H,3,10-11H2,1-2H3,(H,22,24,28). The van der Waals surface area contributed by atoms with Crippen molar-refractivity contribution < 1.29 is 14.0 Å². The number of halogens is 1. The Hall–Kier alpha value is -3.49. The fourth-order valence-electron chi connectivity index (χ4n) is 3.16. The second-order valence-corrected chi connectivity index (χ2v) is 6.80. The summed E-state index contributed by atoms with van der Waals surface area (Å²) >= 11 is 0. The highest BCUT2D eigenvalue weighted by molar-refractivity contribution is 6.06. The molecule has 0 saturated carbocycles. The highest BCUT2D eigenvalue weighted by Crippen LogP contribution is 2.20. The molecule has 4 rings (SSSR count). The van der Waals surface area contributed by atoms with Crippen LogP contribution in [0.1, 0.15) is 30.2 Å². The van der Waals surface area contributed by atoms with Gasteiger partial charge in [-0.3, -0.25) is 14.2 Å². The van der Waals surface area contributed by atoms with Gasteiger partial charge < -0.3 is 10.2 Å². The normalized spacial score (nSPS) is 15.8. The first-order chi connectivity index (χ1) is 14.0. The number of anilines is 1. The SMILES string of the molecule is CCn1cc(C2=NOC(C(=O)Nc3ccn(Cc4ccccc4F)n3)C2)c(C)n1. The van der Waals surface area contributed by atoms with Gasteiger partial charge in [0.05, 0.1) is 18.0 Å². The average molecular weight is 396 g/mol. The van der Waals surface area contributed by atoms with Crippen molar-refractivity contribution in [2.45, 2.75) is 39.5 Å². The lowest BCUT2D eigenvalue weighted by Gasteiger charge is -2.07. The van der Waals surface area contributed by atoms with E-state index in [0.29, 0.717) is 23.5 Å². The highest BCUT2D eigenvalue weighted by Gasteiger charge is 2.30. The molecule has 3 heterocycles. The molecule has 0 radical (unpaired) electrons. The molecule has 0 spiro atoms. The third kappa shape index (κ3) is 4.03. The minimum Gasteiger partial charge on any atom is -0.382 e. The van der Waals surface area contributed by atoms with Gasteiger partial charge in [0, 0.05) is 42.6 Å². The van der Waals surface area contributed by atoms with Crippen LogP contribution in [0.3, 0.4) is 0 Å². The monoisotopic (exact) mass is 396 g/mol. The van der Waals surface area contributed by atoms with Crippen LogP contribution >= 0.6 is 0 Å². The molecule has 0 saturated heterocycles. The number of nitrogens with zero attached hydrogens (tertiary/aromatic N) is 5. The molecule has 1 aliphatic rings. The van der Waals surface area contributed by atoms with Gasteiger partial charge >= 0.3 is 0 Å². The second-order valence-electron chi connectivity index (χ2n) is 6.80. The number of benzene rings is 1. The zero-order chi connectivity index (χ0) is 20.4. The molecule has 1 N–H and O–H groups in total. The van der Waals surface area contributed by atoms with Crippen LogP contribution in [-0.2, 0) is 22.7 Å². The van der Waals surface area contributed by atoms with Gasteiger partial charge in [0.15, 0.2) is 5.82 Å². The van der Waals surface area contributed by atoms with Crippen LogP contribution in [0.15, 0.2) is 47.9 Å². The van der Waals surface area contributed by atoms with Crippen LogP contribution in [0.25, 0.3) is 0 Å². The van der Waals surface area contributed by atoms with Crippen molar-refractivity contribution in [3.8, 4) is 0 Å². The van der Waals surface area contributed by atoms with E-state index in [4.69, 9.17) is 4.84 Å². The number of carbonyl (C=O) groups excluding carboxylic acids is 1. The molecule has 1 aromatic carbocycles. The Balaban J connectivity index is 1.36. The average Bonchev–Trinajstić information content (AvgIpc) is 3.43.